The maximum absolute atomic E-state index is 12.1. The fourth-order valence-corrected chi connectivity index (χ4v) is 2.89. The van der Waals surface area contributed by atoms with Crippen LogP contribution in [0.2, 0.25) is 0 Å². The second kappa shape index (κ2) is 5.74. The van der Waals surface area contributed by atoms with Gasteiger partial charge < -0.3 is 0 Å². The van der Waals surface area contributed by atoms with E-state index in [2.05, 4.69) is 4.72 Å². The quantitative estimate of drug-likeness (QED) is 0.897. The van der Waals surface area contributed by atoms with Crippen LogP contribution in [0.1, 0.15) is 19.4 Å². The van der Waals surface area contributed by atoms with Crippen molar-refractivity contribution in [3.63, 3.8) is 0 Å². The van der Waals surface area contributed by atoms with E-state index in [-0.39, 0.29) is 15.2 Å². The Morgan fingerprint density at radius 2 is 2.00 bits per heavy atom. The molecule has 4 nitrogen and oxygen atoms in total. The van der Waals surface area contributed by atoms with Crippen molar-refractivity contribution in [3.05, 3.63) is 29.8 Å². The summed E-state index contributed by atoms with van der Waals surface area (Å²) in [4.78, 5) is 0.0319. The van der Waals surface area contributed by atoms with Crippen LogP contribution < -0.4 is 4.72 Å². The van der Waals surface area contributed by atoms with Gasteiger partial charge >= 0.3 is 0 Å². The third-order valence-electron chi connectivity index (χ3n) is 2.54. The summed E-state index contributed by atoms with van der Waals surface area (Å²) < 4.78 is 26.6. The van der Waals surface area contributed by atoms with Gasteiger partial charge in [-0.3, -0.25) is 0 Å². The molecular formula is C12H16N2O2S2. The number of nitrogens with zero attached hydrogens (tertiary/aromatic N) is 1. The molecule has 1 aromatic rings. The lowest BCUT2D eigenvalue weighted by Gasteiger charge is -2.22. The molecule has 0 fully saturated rings. The summed E-state index contributed by atoms with van der Waals surface area (Å²) in [7, 11) is -3.63. The highest BCUT2D eigenvalue weighted by Crippen LogP contribution is 2.21. The Kier molecular flexibility index (Phi) is 4.79. The summed E-state index contributed by atoms with van der Waals surface area (Å²) in [6.45, 7) is 4.23. The Balaban J connectivity index is 2.98. The molecule has 0 aliphatic carbocycles. The van der Waals surface area contributed by atoms with Gasteiger partial charge in [-0.25, -0.2) is 13.1 Å². The van der Waals surface area contributed by atoms with Crippen molar-refractivity contribution in [2.75, 3.05) is 12.8 Å². The molecule has 0 saturated carbocycles. The summed E-state index contributed by atoms with van der Waals surface area (Å²) in [5.74, 6) is 0. The zero-order chi connectivity index (χ0) is 13.8. The minimum absolute atomic E-state index is 0.0319. The lowest BCUT2D eigenvalue weighted by atomic mass is 10.2. The van der Waals surface area contributed by atoms with Gasteiger partial charge in [0.1, 0.15) is 6.07 Å². The molecule has 0 heterocycles. The highest BCUT2D eigenvalue weighted by Gasteiger charge is 2.23. The van der Waals surface area contributed by atoms with Crippen LogP contribution in [-0.2, 0) is 10.0 Å². The normalized spacial score (nSPS) is 12.1. The minimum Gasteiger partial charge on any atom is -0.210 e. The molecule has 6 heteroatoms. The molecule has 0 radical (unpaired) electrons. The van der Waals surface area contributed by atoms with Gasteiger partial charge in [-0.1, -0.05) is 12.1 Å². The Labute approximate surface area is 112 Å². The van der Waals surface area contributed by atoms with E-state index in [0.29, 0.717) is 6.54 Å². The first-order chi connectivity index (χ1) is 8.32. The van der Waals surface area contributed by atoms with E-state index in [1.54, 1.807) is 23.9 Å². The summed E-state index contributed by atoms with van der Waals surface area (Å²) in [5.41, 5.74) is 0.159. The number of hydrogen-bond donors (Lipinski definition) is 1. The van der Waals surface area contributed by atoms with Crippen LogP contribution >= 0.6 is 11.8 Å². The molecule has 1 rings (SSSR count). The smallest absolute Gasteiger partial charge is 0.210 e. The number of nitrogens with one attached hydrogen (secondary N) is 1. The van der Waals surface area contributed by atoms with Crippen LogP contribution in [0.25, 0.3) is 0 Å². The topological polar surface area (TPSA) is 70.0 Å². The van der Waals surface area contributed by atoms with Crippen LogP contribution in [0.3, 0.4) is 0 Å². The predicted octanol–water partition coefficient (Wildman–Crippen LogP) is 1.98. The zero-order valence-corrected chi connectivity index (χ0v) is 12.2. The van der Waals surface area contributed by atoms with Gasteiger partial charge in [0.05, 0.1) is 10.5 Å². The molecule has 0 aliphatic rings. The predicted molar refractivity (Wildman–Crippen MR) is 73.9 cm³/mol. The third kappa shape index (κ3) is 3.73. The molecule has 0 amide bonds. The van der Waals surface area contributed by atoms with E-state index in [1.165, 1.54) is 12.1 Å². The Morgan fingerprint density at radius 1 is 1.39 bits per heavy atom. The molecule has 0 aromatic heterocycles. The fraction of sp³-hybridized carbons (Fsp3) is 0.417. The van der Waals surface area contributed by atoms with Gasteiger partial charge in [-0.05, 0) is 32.2 Å². The van der Waals surface area contributed by atoms with Crippen molar-refractivity contribution in [2.45, 2.75) is 23.5 Å². The van der Waals surface area contributed by atoms with E-state index >= 15 is 0 Å². The number of hydrogen-bond acceptors (Lipinski definition) is 4. The molecule has 0 aliphatic heterocycles. The Morgan fingerprint density at radius 3 is 2.56 bits per heavy atom. The summed E-state index contributed by atoms with van der Waals surface area (Å²) in [6, 6.07) is 8.07. The van der Waals surface area contributed by atoms with Gasteiger partial charge in [0.2, 0.25) is 10.0 Å². The molecule has 0 bridgehead atoms. The largest absolute Gasteiger partial charge is 0.241 e. The van der Waals surface area contributed by atoms with Crippen LogP contribution in [0.5, 0.6) is 0 Å². The maximum Gasteiger partial charge on any atom is 0.241 e. The Hall–Kier alpha value is -1.03. The molecule has 1 aromatic carbocycles. The van der Waals surface area contributed by atoms with Gasteiger partial charge in [0.15, 0.2) is 0 Å². The number of rotatable bonds is 5. The van der Waals surface area contributed by atoms with E-state index in [9.17, 15) is 8.42 Å². The van der Waals surface area contributed by atoms with Crippen molar-refractivity contribution in [2.24, 2.45) is 0 Å². The first-order valence-corrected chi connectivity index (χ1v) is 8.07. The van der Waals surface area contributed by atoms with Crippen LogP contribution in [-0.4, -0.2) is 26.0 Å². The first-order valence-electron chi connectivity index (χ1n) is 5.36. The van der Waals surface area contributed by atoms with Crippen LogP contribution in [0.15, 0.2) is 29.2 Å². The SMILES string of the molecule is CSC(C)(C)CNS(=O)(=O)c1ccccc1C#N. The number of thioether (sulfide) groups is 1. The molecule has 0 saturated heterocycles. The summed E-state index contributed by atoms with van der Waals surface area (Å²) in [5, 5.41) is 8.91. The molecule has 18 heavy (non-hydrogen) atoms. The monoisotopic (exact) mass is 284 g/mol. The average Bonchev–Trinajstić information content (AvgIpc) is 2.37. The maximum atomic E-state index is 12.1. The van der Waals surface area contributed by atoms with Gasteiger partial charge in [0.25, 0.3) is 0 Å². The minimum atomic E-state index is -3.63. The van der Waals surface area contributed by atoms with Crippen molar-refractivity contribution in [1.82, 2.24) is 4.72 Å². The lowest BCUT2D eigenvalue weighted by molar-refractivity contribution is 0.570. The van der Waals surface area contributed by atoms with Crippen LogP contribution in [0.4, 0.5) is 0 Å². The highest BCUT2D eigenvalue weighted by atomic mass is 32.2. The zero-order valence-electron chi connectivity index (χ0n) is 10.6. The van der Waals surface area contributed by atoms with E-state index < -0.39 is 10.0 Å². The molecule has 0 spiro atoms. The third-order valence-corrected chi connectivity index (χ3v) is 5.25. The number of benzene rings is 1. The van der Waals surface area contributed by atoms with E-state index in [0.717, 1.165) is 0 Å². The van der Waals surface area contributed by atoms with Crippen molar-refractivity contribution >= 4 is 21.8 Å². The Bertz CT molecular complexity index is 560. The van der Waals surface area contributed by atoms with Crippen molar-refractivity contribution in [1.29, 1.82) is 5.26 Å². The van der Waals surface area contributed by atoms with Gasteiger partial charge in [-0.2, -0.15) is 17.0 Å². The highest BCUT2D eigenvalue weighted by molar-refractivity contribution is 8.00. The van der Waals surface area contributed by atoms with Gasteiger partial charge in [0, 0.05) is 11.3 Å². The van der Waals surface area contributed by atoms with E-state index in [4.69, 9.17) is 5.26 Å². The molecule has 0 atom stereocenters. The summed E-state index contributed by atoms with van der Waals surface area (Å²) in [6.07, 6.45) is 1.93. The second-order valence-corrected chi connectivity index (χ2v) is 7.65. The molecule has 0 unspecified atom stereocenters. The standard InChI is InChI=1S/C12H16N2O2S2/c1-12(2,17-3)9-14-18(15,16)11-7-5-4-6-10(11)8-13/h4-7,14H,9H2,1-3H3. The van der Waals surface area contributed by atoms with Crippen LogP contribution in [0, 0.1) is 11.3 Å². The van der Waals surface area contributed by atoms with Crippen molar-refractivity contribution in [3.8, 4) is 6.07 Å². The fourth-order valence-electron chi connectivity index (χ4n) is 1.21. The molecular weight excluding hydrogens is 268 g/mol. The summed E-state index contributed by atoms with van der Waals surface area (Å²) >= 11 is 1.58. The van der Waals surface area contributed by atoms with Gasteiger partial charge in [-0.15, -0.1) is 0 Å². The first kappa shape index (κ1) is 15.0. The van der Waals surface area contributed by atoms with Crippen molar-refractivity contribution < 1.29 is 8.42 Å². The molecule has 98 valence electrons. The van der Waals surface area contributed by atoms with E-state index in [1.807, 2.05) is 26.2 Å². The lowest BCUT2D eigenvalue weighted by Crippen LogP contribution is -2.36. The number of nitriles is 1. The number of sulfonamides is 1. The second-order valence-electron chi connectivity index (χ2n) is 4.40. The molecule has 1 N–H and O–H groups in total. The average molecular weight is 284 g/mol.